The van der Waals surface area contributed by atoms with E-state index in [1.54, 1.807) is 6.08 Å². The van der Waals surface area contributed by atoms with Gasteiger partial charge < -0.3 is 4.74 Å². The van der Waals surface area contributed by atoms with Crippen molar-refractivity contribution in [3.05, 3.63) is 24.5 Å². The molecule has 0 aliphatic carbocycles. The topological polar surface area (TPSA) is 26.3 Å². The minimum absolute atomic E-state index is 0.277. The number of unbranched alkanes of at least 4 members (excludes halogenated alkanes) is 6. The molecule has 2 nitrogen and oxygen atoms in total. The fourth-order valence-electron chi connectivity index (χ4n) is 1.40. The Morgan fingerprint density at radius 2 is 1.75 bits per heavy atom. The summed E-state index contributed by atoms with van der Waals surface area (Å²) in [6.45, 7) is 3.63. The van der Waals surface area contributed by atoms with Gasteiger partial charge in [0.15, 0.2) is 0 Å². The van der Waals surface area contributed by atoms with Crippen LogP contribution in [0.4, 0.5) is 0 Å². The third-order valence-corrected chi connectivity index (χ3v) is 2.28. The molecule has 0 N–H and O–H groups in total. The van der Waals surface area contributed by atoms with E-state index in [4.69, 9.17) is 0 Å². The smallest absolute Gasteiger partial charge is 0.307 e. The number of allylic oxidation sites excluding steroid dienone is 3. The molecular formula is C14H24O2. The molecule has 16 heavy (non-hydrogen) atoms. The number of carbonyl (C=O) groups is 1. The lowest BCUT2D eigenvalue weighted by Gasteiger charge is -1.97. The Balaban J connectivity index is 3.21. The second-order valence-electron chi connectivity index (χ2n) is 3.92. The van der Waals surface area contributed by atoms with Crippen molar-refractivity contribution in [1.82, 2.24) is 0 Å². The van der Waals surface area contributed by atoms with E-state index in [2.05, 4.69) is 17.7 Å². The Bertz CT molecular complexity index is 217. The predicted octanol–water partition coefficient (Wildman–Crippen LogP) is 4.37. The normalized spacial score (nSPS) is 11.4. The minimum atomic E-state index is -0.277. The van der Waals surface area contributed by atoms with Crippen molar-refractivity contribution < 1.29 is 9.53 Å². The van der Waals surface area contributed by atoms with Gasteiger partial charge >= 0.3 is 5.97 Å². The molecule has 0 saturated carbocycles. The lowest BCUT2D eigenvalue weighted by atomic mass is 10.1. The molecule has 0 radical (unpaired) electrons. The molecule has 0 amide bonds. The average Bonchev–Trinajstić information content (AvgIpc) is 2.25. The summed E-state index contributed by atoms with van der Waals surface area (Å²) in [7, 11) is 0. The molecular weight excluding hydrogens is 200 g/mol. The average molecular weight is 224 g/mol. The van der Waals surface area contributed by atoms with E-state index in [1.807, 2.05) is 6.08 Å². The van der Waals surface area contributed by atoms with Crippen LogP contribution in [0, 0.1) is 0 Å². The van der Waals surface area contributed by atoms with Crippen molar-refractivity contribution in [3.8, 4) is 0 Å². The number of esters is 1. The van der Waals surface area contributed by atoms with Gasteiger partial charge in [0.2, 0.25) is 0 Å². The first-order chi connectivity index (χ1) is 7.77. The van der Waals surface area contributed by atoms with Crippen molar-refractivity contribution in [3.63, 3.8) is 0 Å². The lowest BCUT2D eigenvalue weighted by molar-refractivity contribution is -0.135. The fourth-order valence-corrected chi connectivity index (χ4v) is 1.40. The molecule has 2 heteroatoms. The Morgan fingerprint density at radius 1 is 1.06 bits per heavy atom. The molecule has 92 valence electrons. The predicted molar refractivity (Wildman–Crippen MR) is 68.0 cm³/mol. The molecule has 0 saturated heterocycles. The first kappa shape index (κ1) is 14.9. The van der Waals surface area contributed by atoms with E-state index in [0.29, 0.717) is 0 Å². The summed E-state index contributed by atoms with van der Waals surface area (Å²) in [5.74, 6) is -0.277. The minimum Gasteiger partial charge on any atom is -0.435 e. The summed E-state index contributed by atoms with van der Waals surface area (Å²) in [4.78, 5) is 10.4. The molecule has 0 bridgehead atoms. The van der Waals surface area contributed by atoms with Crippen LogP contribution in [0.2, 0.25) is 0 Å². The molecule has 0 aromatic carbocycles. The Morgan fingerprint density at radius 3 is 2.44 bits per heavy atom. The summed E-state index contributed by atoms with van der Waals surface area (Å²) in [6, 6.07) is 0. The van der Waals surface area contributed by atoms with E-state index < -0.39 is 0 Å². The SMILES string of the molecule is CCCCCCCC/C=C/C=C/OC(C)=O. The van der Waals surface area contributed by atoms with Crippen LogP contribution in [-0.2, 0) is 9.53 Å². The number of carbonyl (C=O) groups excluding carboxylic acids is 1. The van der Waals surface area contributed by atoms with Gasteiger partial charge in [-0.2, -0.15) is 0 Å². The van der Waals surface area contributed by atoms with Crippen molar-refractivity contribution in [2.45, 2.75) is 58.8 Å². The first-order valence-electron chi connectivity index (χ1n) is 6.26. The highest BCUT2D eigenvalue weighted by atomic mass is 16.5. The Kier molecular flexibility index (Phi) is 11.2. The van der Waals surface area contributed by atoms with Crippen LogP contribution in [0.25, 0.3) is 0 Å². The van der Waals surface area contributed by atoms with Gasteiger partial charge in [0.1, 0.15) is 0 Å². The van der Waals surface area contributed by atoms with Crippen molar-refractivity contribution in [1.29, 1.82) is 0 Å². The van der Waals surface area contributed by atoms with E-state index in [0.717, 1.165) is 6.42 Å². The highest BCUT2D eigenvalue weighted by molar-refractivity contribution is 5.66. The third kappa shape index (κ3) is 12.9. The fraction of sp³-hybridized carbons (Fsp3) is 0.643. The van der Waals surface area contributed by atoms with E-state index in [1.165, 1.54) is 51.7 Å². The molecule has 0 heterocycles. The molecule has 0 unspecified atom stereocenters. The van der Waals surface area contributed by atoms with Gasteiger partial charge in [0.25, 0.3) is 0 Å². The molecule has 0 spiro atoms. The zero-order valence-corrected chi connectivity index (χ0v) is 10.6. The van der Waals surface area contributed by atoms with Crippen molar-refractivity contribution in [2.75, 3.05) is 0 Å². The van der Waals surface area contributed by atoms with Crippen LogP contribution in [-0.4, -0.2) is 5.97 Å². The summed E-state index contributed by atoms with van der Waals surface area (Å²) < 4.78 is 4.64. The van der Waals surface area contributed by atoms with E-state index in [9.17, 15) is 4.79 Å². The maximum absolute atomic E-state index is 10.4. The first-order valence-corrected chi connectivity index (χ1v) is 6.26. The number of hydrogen-bond donors (Lipinski definition) is 0. The maximum atomic E-state index is 10.4. The largest absolute Gasteiger partial charge is 0.435 e. The number of ether oxygens (including phenoxy) is 1. The van der Waals surface area contributed by atoms with Crippen LogP contribution in [0.15, 0.2) is 24.5 Å². The number of hydrogen-bond acceptors (Lipinski definition) is 2. The molecule has 0 atom stereocenters. The summed E-state index contributed by atoms with van der Waals surface area (Å²) in [6.07, 6.45) is 16.3. The van der Waals surface area contributed by atoms with Gasteiger partial charge in [-0.05, 0) is 18.9 Å². The standard InChI is InChI=1S/C14H24O2/c1-3-4-5-6-7-8-9-10-11-12-13-16-14(2)15/h10-13H,3-9H2,1-2H3/b11-10+,13-12+. The molecule has 0 aromatic rings. The van der Waals surface area contributed by atoms with Crippen molar-refractivity contribution >= 4 is 5.97 Å². The summed E-state index contributed by atoms with van der Waals surface area (Å²) in [5, 5.41) is 0. The van der Waals surface area contributed by atoms with E-state index >= 15 is 0 Å². The molecule has 0 rings (SSSR count). The van der Waals surface area contributed by atoms with E-state index in [-0.39, 0.29) is 5.97 Å². The monoisotopic (exact) mass is 224 g/mol. The van der Waals surface area contributed by atoms with Crippen LogP contribution < -0.4 is 0 Å². The lowest BCUT2D eigenvalue weighted by Crippen LogP contribution is -1.88. The summed E-state index contributed by atoms with van der Waals surface area (Å²) in [5.41, 5.74) is 0. The van der Waals surface area contributed by atoms with Crippen LogP contribution in [0.5, 0.6) is 0 Å². The van der Waals surface area contributed by atoms with Crippen LogP contribution >= 0.6 is 0 Å². The second kappa shape index (κ2) is 12.0. The quantitative estimate of drug-likeness (QED) is 0.251. The van der Waals surface area contributed by atoms with Crippen LogP contribution in [0.1, 0.15) is 58.8 Å². The Labute approximate surface area is 99.4 Å². The highest BCUT2D eigenvalue weighted by Crippen LogP contribution is 2.07. The van der Waals surface area contributed by atoms with Crippen molar-refractivity contribution in [2.24, 2.45) is 0 Å². The van der Waals surface area contributed by atoms with Gasteiger partial charge in [-0.3, -0.25) is 4.79 Å². The molecule has 0 aliphatic rings. The van der Waals surface area contributed by atoms with Gasteiger partial charge in [0.05, 0.1) is 6.26 Å². The highest BCUT2D eigenvalue weighted by Gasteiger charge is 1.87. The van der Waals surface area contributed by atoms with Gasteiger partial charge in [-0.1, -0.05) is 51.2 Å². The van der Waals surface area contributed by atoms with Crippen LogP contribution in [0.3, 0.4) is 0 Å². The zero-order chi connectivity index (χ0) is 12.1. The molecule has 0 fully saturated rings. The molecule has 0 aliphatic heterocycles. The molecule has 0 aromatic heterocycles. The zero-order valence-electron chi connectivity index (χ0n) is 10.6. The van der Waals surface area contributed by atoms with Gasteiger partial charge in [-0.25, -0.2) is 0 Å². The maximum Gasteiger partial charge on any atom is 0.307 e. The number of rotatable bonds is 9. The van der Waals surface area contributed by atoms with Gasteiger partial charge in [0, 0.05) is 6.92 Å². The summed E-state index contributed by atoms with van der Waals surface area (Å²) >= 11 is 0. The Hall–Kier alpha value is -1.05. The second-order valence-corrected chi connectivity index (χ2v) is 3.92. The van der Waals surface area contributed by atoms with Gasteiger partial charge in [-0.15, -0.1) is 0 Å². The third-order valence-electron chi connectivity index (χ3n) is 2.28.